The first-order chi connectivity index (χ1) is 11.6. The average molecular weight is 314 g/mol. The Morgan fingerprint density at radius 1 is 0.792 bits per heavy atom. The van der Waals surface area contributed by atoms with Gasteiger partial charge in [0.15, 0.2) is 0 Å². The molecule has 0 saturated carbocycles. The van der Waals surface area contributed by atoms with E-state index in [-0.39, 0.29) is 0 Å². The molecule has 0 unspecified atom stereocenters. The maximum atomic E-state index is 11.6. The van der Waals surface area contributed by atoms with Crippen LogP contribution in [0.15, 0.2) is 91.5 Å². The maximum absolute atomic E-state index is 11.6. The van der Waals surface area contributed by atoms with E-state index in [4.69, 9.17) is 0 Å². The van der Waals surface area contributed by atoms with Gasteiger partial charge in [0.2, 0.25) is 0 Å². The van der Waals surface area contributed by atoms with Gasteiger partial charge in [0, 0.05) is 6.42 Å². The van der Waals surface area contributed by atoms with Crippen LogP contribution < -0.4 is 0 Å². The Morgan fingerprint density at radius 2 is 1.25 bits per heavy atom. The van der Waals surface area contributed by atoms with Crippen LogP contribution in [0.3, 0.4) is 0 Å². The van der Waals surface area contributed by atoms with Crippen molar-refractivity contribution in [1.82, 2.24) is 0 Å². The topological polar surface area (TPSA) is 20.2 Å². The lowest BCUT2D eigenvalue weighted by molar-refractivity contribution is 0.0867. The van der Waals surface area contributed by atoms with Gasteiger partial charge in [-0.2, -0.15) is 0 Å². The van der Waals surface area contributed by atoms with Gasteiger partial charge in [-0.3, -0.25) is 0 Å². The first kappa shape index (κ1) is 16.2. The summed E-state index contributed by atoms with van der Waals surface area (Å²) >= 11 is 0. The van der Waals surface area contributed by atoms with Crippen LogP contribution in [0.1, 0.15) is 28.7 Å². The number of hydrogen-bond acceptors (Lipinski definition) is 1. The first-order valence-corrected chi connectivity index (χ1v) is 8.18. The third-order valence-electron chi connectivity index (χ3n) is 4.43. The standard InChI is InChI=1S/C23H22O/c1-18-13-15-20(16-14-18)19(2)17-23(24,21-9-5-3-6-10-21)22-11-7-4-8-12-22/h3-16,24H,2,17H2,1H3. The summed E-state index contributed by atoms with van der Waals surface area (Å²) in [6.07, 6.45) is 0.448. The highest BCUT2D eigenvalue weighted by molar-refractivity contribution is 5.65. The Bertz CT molecular complexity index is 762. The molecule has 3 aromatic carbocycles. The van der Waals surface area contributed by atoms with E-state index in [9.17, 15) is 5.11 Å². The molecular weight excluding hydrogens is 292 g/mol. The lowest BCUT2D eigenvalue weighted by Gasteiger charge is -2.30. The molecule has 1 N–H and O–H groups in total. The van der Waals surface area contributed by atoms with Crippen molar-refractivity contribution in [3.05, 3.63) is 114 Å². The summed E-state index contributed by atoms with van der Waals surface area (Å²) in [5, 5.41) is 11.6. The highest BCUT2D eigenvalue weighted by atomic mass is 16.3. The van der Waals surface area contributed by atoms with Gasteiger partial charge in [-0.1, -0.05) is 97.1 Å². The molecule has 3 rings (SSSR count). The van der Waals surface area contributed by atoms with Crippen molar-refractivity contribution >= 4 is 5.57 Å². The largest absolute Gasteiger partial charge is 0.380 e. The zero-order chi connectivity index (χ0) is 17.0. The van der Waals surface area contributed by atoms with Gasteiger partial charge in [-0.15, -0.1) is 0 Å². The van der Waals surface area contributed by atoms with Crippen molar-refractivity contribution in [2.24, 2.45) is 0 Å². The number of aliphatic hydroxyl groups is 1. The summed E-state index contributed by atoms with van der Waals surface area (Å²) in [6, 6.07) is 27.9. The number of benzene rings is 3. The molecule has 0 heterocycles. The molecule has 0 amide bonds. The summed E-state index contributed by atoms with van der Waals surface area (Å²) in [7, 11) is 0. The van der Waals surface area contributed by atoms with Crippen LogP contribution in [0.25, 0.3) is 5.57 Å². The van der Waals surface area contributed by atoms with Gasteiger partial charge < -0.3 is 5.11 Å². The third kappa shape index (κ3) is 3.32. The van der Waals surface area contributed by atoms with Crippen LogP contribution in [0.4, 0.5) is 0 Å². The zero-order valence-corrected chi connectivity index (χ0v) is 13.9. The molecule has 24 heavy (non-hydrogen) atoms. The quantitative estimate of drug-likeness (QED) is 0.674. The van der Waals surface area contributed by atoms with E-state index in [0.29, 0.717) is 6.42 Å². The van der Waals surface area contributed by atoms with E-state index >= 15 is 0 Å². The number of rotatable bonds is 5. The molecule has 0 atom stereocenters. The molecular formula is C23H22O. The van der Waals surface area contributed by atoms with E-state index in [0.717, 1.165) is 22.3 Å². The van der Waals surface area contributed by atoms with Gasteiger partial charge in [-0.25, -0.2) is 0 Å². The lowest BCUT2D eigenvalue weighted by atomic mass is 9.80. The Balaban J connectivity index is 2.00. The van der Waals surface area contributed by atoms with Crippen molar-refractivity contribution in [2.75, 3.05) is 0 Å². The molecule has 0 bridgehead atoms. The predicted molar refractivity (Wildman–Crippen MR) is 101 cm³/mol. The summed E-state index contributed by atoms with van der Waals surface area (Å²) < 4.78 is 0. The molecule has 1 nitrogen and oxygen atoms in total. The normalized spacial score (nSPS) is 11.2. The van der Waals surface area contributed by atoms with Crippen LogP contribution in [0.5, 0.6) is 0 Å². The van der Waals surface area contributed by atoms with Crippen LogP contribution in [-0.2, 0) is 5.60 Å². The van der Waals surface area contributed by atoms with E-state index in [1.54, 1.807) is 0 Å². The summed E-state index contributed by atoms with van der Waals surface area (Å²) in [6.45, 7) is 6.30. The predicted octanol–water partition coefficient (Wildman–Crippen LogP) is 5.33. The minimum atomic E-state index is -1.09. The molecule has 120 valence electrons. The second kappa shape index (κ2) is 6.86. The number of aryl methyl sites for hydroxylation is 1. The monoisotopic (exact) mass is 314 g/mol. The van der Waals surface area contributed by atoms with Gasteiger partial charge in [-0.05, 0) is 29.2 Å². The summed E-state index contributed by atoms with van der Waals surface area (Å²) in [4.78, 5) is 0. The van der Waals surface area contributed by atoms with Crippen LogP contribution in [-0.4, -0.2) is 5.11 Å². The Hall–Kier alpha value is -2.64. The smallest absolute Gasteiger partial charge is 0.119 e. The summed E-state index contributed by atoms with van der Waals surface area (Å²) in [5.41, 5.74) is 3.86. The fourth-order valence-electron chi connectivity index (χ4n) is 3.00. The molecule has 0 saturated heterocycles. The Labute approximate surface area is 143 Å². The van der Waals surface area contributed by atoms with Crippen molar-refractivity contribution in [2.45, 2.75) is 18.9 Å². The van der Waals surface area contributed by atoms with Gasteiger partial charge in [0.25, 0.3) is 0 Å². The maximum Gasteiger partial charge on any atom is 0.119 e. The van der Waals surface area contributed by atoms with Gasteiger partial charge in [0.05, 0.1) is 0 Å². The van der Waals surface area contributed by atoms with Crippen molar-refractivity contribution in [3.8, 4) is 0 Å². The lowest BCUT2D eigenvalue weighted by Crippen LogP contribution is -2.27. The molecule has 0 spiro atoms. The van der Waals surface area contributed by atoms with Crippen LogP contribution >= 0.6 is 0 Å². The second-order valence-corrected chi connectivity index (χ2v) is 6.24. The van der Waals surface area contributed by atoms with Crippen LogP contribution in [0.2, 0.25) is 0 Å². The van der Waals surface area contributed by atoms with Crippen molar-refractivity contribution in [1.29, 1.82) is 0 Å². The molecule has 0 aliphatic heterocycles. The third-order valence-corrected chi connectivity index (χ3v) is 4.43. The minimum absolute atomic E-state index is 0.448. The Kier molecular flexibility index (Phi) is 4.64. The molecule has 1 heteroatoms. The number of hydrogen-bond donors (Lipinski definition) is 1. The second-order valence-electron chi connectivity index (χ2n) is 6.24. The fourth-order valence-corrected chi connectivity index (χ4v) is 3.00. The van der Waals surface area contributed by atoms with Gasteiger partial charge in [0.1, 0.15) is 5.60 Å². The average Bonchev–Trinajstić information content (AvgIpc) is 2.63. The zero-order valence-electron chi connectivity index (χ0n) is 13.9. The Morgan fingerprint density at radius 3 is 1.71 bits per heavy atom. The van der Waals surface area contributed by atoms with Crippen LogP contribution in [0, 0.1) is 6.92 Å². The van der Waals surface area contributed by atoms with Crippen molar-refractivity contribution < 1.29 is 5.11 Å². The molecule has 3 aromatic rings. The van der Waals surface area contributed by atoms with E-state index in [1.165, 1.54) is 5.56 Å². The molecule has 0 aliphatic rings. The molecule has 0 fully saturated rings. The van der Waals surface area contributed by atoms with Crippen molar-refractivity contribution in [3.63, 3.8) is 0 Å². The summed E-state index contributed by atoms with van der Waals surface area (Å²) in [5.74, 6) is 0. The molecule has 0 aliphatic carbocycles. The van der Waals surface area contributed by atoms with E-state index < -0.39 is 5.60 Å². The SMILES string of the molecule is C=C(CC(O)(c1ccccc1)c1ccccc1)c1ccc(C)cc1. The van der Waals surface area contributed by atoms with E-state index in [2.05, 4.69) is 37.8 Å². The highest BCUT2D eigenvalue weighted by Crippen LogP contribution is 2.37. The van der Waals surface area contributed by atoms with E-state index in [1.807, 2.05) is 60.7 Å². The highest BCUT2D eigenvalue weighted by Gasteiger charge is 2.32. The fraction of sp³-hybridized carbons (Fsp3) is 0.130. The molecule has 0 aromatic heterocycles. The minimum Gasteiger partial charge on any atom is -0.380 e. The van der Waals surface area contributed by atoms with Gasteiger partial charge >= 0.3 is 0 Å². The molecule has 0 radical (unpaired) electrons. The first-order valence-electron chi connectivity index (χ1n) is 8.18.